The van der Waals surface area contributed by atoms with Crippen LogP contribution >= 0.6 is 0 Å². The van der Waals surface area contributed by atoms with E-state index in [1.54, 1.807) is 0 Å². The van der Waals surface area contributed by atoms with Gasteiger partial charge in [0, 0.05) is 12.1 Å². The Kier molecular flexibility index (Phi) is 4.66. The fourth-order valence-corrected chi connectivity index (χ4v) is 1.86. The zero-order valence-electron chi connectivity index (χ0n) is 8.75. The predicted octanol–water partition coefficient (Wildman–Crippen LogP) is 1.23. The second-order valence-corrected chi connectivity index (χ2v) is 3.87. The molecule has 0 radical (unpaired) electrons. The third kappa shape index (κ3) is 3.50. The van der Waals surface area contributed by atoms with Crippen LogP contribution in [0.5, 0.6) is 0 Å². The largest absolute Gasteiger partial charge is 0.395 e. The number of carbonyl (C=O) groups excluding carboxylic acids is 1. The minimum Gasteiger partial charge on any atom is -0.395 e. The maximum Gasteiger partial charge on any atom is 0.246 e. The Bertz CT molecular complexity index is 217. The Morgan fingerprint density at radius 1 is 1.50 bits per heavy atom. The van der Waals surface area contributed by atoms with Gasteiger partial charge in [-0.05, 0) is 25.7 Å². The Balaban J connectivity index is 2.37. The molecule has 3 heteroatoms. The van der Waals surface area contributed by atoms with E-state index >= 15 is 0 Å². The SMILES string of the molecule is C/C(=C\C1CCCC1)C(=O)NCCO. The second kappa shape index (κ2) is 5.81. The van der Waals surface area contributed by atoms with Crippen LogP contribution in [0.15, 0.2) is 11.6 Å². The zero-order chi connectivity index (χ0) is 10.4. The normalized spacial score (nSPS) is 18.6. The molecule has 0 unspecified atom stereocenters. The van der Waals surface area contributed by atoms with Crippen LogP contribution in [0, 0.1) is 5.92 Å². The molecule has 0 atom stereocenters. The lowest BCUT2D eigenvalue weighted by atomic mass is 10.0. The topological polar surface area (TPSA) is 49.3 Å². The molecule has 0 saturated heterocycles. The van der Waals surface area contributed by atoms with Crippen molar-refractivity contribution in [2.24, 2.45) is 5.92 Å². The highest BCUT2D eigenvalue weighted by molar-refractivity contribution is 5.92. The minimum absolute atomic E-state index is 0.00243. The molecule has 1 amide bonds. The quantitative estimate of drug-likeness (QED) is 0.666. The molecule has 0 aromatic rings. The lowest BCUT2D eigenvalue weighted by molar-refractivity contribution is -0.117. The van der Waals surface area contributed by atoms with Gasteiger partial charge in [-0.2, -0.15) is 0 Å². The van der Waals surface area contributed by atoms with Gasteiger partial charge in [0.2, 0.25) is 5.91 Å². The van der Waals surface area contributed by atoms with E-state index in [9.17, 15) is 4.79 Å². The third-order valence-electron chi connectivity index (χ3n) is 2.64. The summed E-state index contributed by atoms with van der Waals surface area (Å²) in [5.41, 5.74) is 0.783. The van der Waals surface area contributed by atoms with Gasteiger partial charge in [0.25, 0.3) is 0 Å². The standard InChI is InChI=1S/C11H19NO2/c1-9(11(14)12-6-7-13)8-10-4-2-3-5-10/h8,10,13H,2-7H2,1H3,(H,12,14)/b9-8+. The smallest absolute Gasteiger partial charge is 0.246 e. The van der Waals surface area contributed by atoms with E-state index in [0.717, 1.165) is 5.57 Å². The summed E-state index contributed by atoms with van der Waals surface area (Å²) in [6.07, 6.45) is 7.06. The van der Waals surface area contributed by atoms with Crippen molar-refractivity contribution in [3.8, 4) is 0 Å². The summed E-state index contributed by atoms with van der Waals surface area (Å²) in [7, 11) is 0. The highest BCUT2D eigenvalue weighted by Gasteiger charge is 2.14. The third-order valence-corrected chi connectivity index (χ3v) is 2.64. The molecule has 1 saturated carbocycles. The number of nitrogens with one attached hydrogen (secondary N) is 1. The lowest BCUT2D eigenvalue weighted by Gasteiger charge is -2.06. The van der Waals surface area contributed by atoms with E-state index in [2.05, 4.69) is 11.4 Å². The van der Waals surface area contributed by atoms with Crippen LogP contribution < -0.4 is 5.32 Å². The monoisotopic (exact) mass is 197 g/mol. The summed E-state index contributed by atoms with van der Waals surface area (Å²) in [5, 5.41) is 11.2. The highest BCUT2D eigenvalue weighted by Crippen LogP contribution is 2.26. The van der Waals surface area contributed by atoms with Crippen molar-refractivity contribution in [3.63, 3.8) is 0 Å². The summed E-state index contributed by atoms with van der Waals surface area (Å²) in [6.45, 7) is 2.18. The molecular weight excluding hydrogens is 178 g/mol. The van der Waals surface area contributed by atoms with E-state index in [4.69, 9.17) is 5.11 Å². The molecule has 2 N–H and O–H groups in total. The van der Waals surface area contributed by atoms with Crippen molar-refractivity contribution in [1.82, 2.24) is 5.32 Å². The number of aliphatic hydroxyl groups excluding tert-OH is 1. The average Bonchev–Trinajstić information content (AvgIpc) is 2.66. The van der Waals surface area contributed by atoms with Crippen molar-refractivity contribution < 1.29 is 9.90 Å². The highest BCUT2D eigenvalue weighted by atomic mass is 16.3. The zero-order valence-corrected chi connectivity index (χ0v) is 8.75. The number of carbonyl (C=O) groups is 1. The molecule has 0 aromatic carbocycles. The van der Waals surface area contributed by atoms with E-state index in [1.807, 2.05) is 6.92 Å². The van der Waals surface area contributed by atoms with Gasteiger partial charge in [0.1, 0.15) is 0 Å². The van der Waals surface area contributed by atoms with Gasteiger partial charge >= 0.3 is 0 Å². The van der Waals surface area contributed by atoms with Crippen molar-refractivity contribution in [1.29, 1.82) is 0 Å². The first-order valence-electron chi connectivity index (χ1n) is 5.31. The molecule has 0 bridgehead atoms. The van der Waals surface area contributed by atoms with Crippen LogP contribution in [0.4, 0.5) is 0 Å². The van der Waals surface area contributed by atoms with Crippen LogP contribution in [-0.4, -0.2) is 24.2 Å². The van der Waals surface area contributed by atoms with Gasteiger partial charge in [0.05, 0.1) is 6.61 Å². The van der Waals surface area contributed by atoms with Gasteiger partial charge in [-0.3, -0.25) is 4.79 Å². The molecule has 0 aliphatic heterocycles. The first-order chi connectivity index (χ1) is 6.74. The second-order valence-electron chi connectivity index (χ2n) is 3.87. The van der Waals surface area contributed by atoms with Gasteiger partial charge in [0.15, 0.2) is 0 Å². The average molecular weight is 197 g/mol. The van der Waals surface area contributed by atoms with Gasteiger partial charge in [-0.1, -0.05) is 18.9 Å². The van der Waals surface area contributed by atoms with Crippen molar-refractivity contribution >= 4 is 5.91 Å². The fourth-order valence-electron chi connectivity index (χ4n) is 1.86. The molecule has 1 aliphatic carbocycles. The van der Waals surface area contributed by atoms with E-state index < -0.39 is 0 Å². The summed E-state index contributed by atoms with van der Waals surface area (Å²) >= 11 is 0. The van der Waals surface area contributed by atoms with E-state index in [1.165, 1.54) is 25.7 Å². The first-order valence-corrected chi connectivity index (χ1v) is 5.31. The molecule has 0 heterocycles. The number of hydrogen-bond acceptors (Lipinski definition) is 2. The summed E-state index contributed by atoms with van der Waals surface area (Å²) in [5.74, 6) is 0.542. The summed E-state index contributed by atoms with van der Waals surface area (Å²) in [4.78, 5) is 11.4. The Morgan fingerprint density at radius 3 is 2.71 bits per heavy atom. The maximum atomic E-state index is 11.4. The molecule has 3 nitrogen and oxygen atoms in total. The van der Waals surface area contributed by atoms with Gasteiger partial charge in [-0.15, -0.1) is 0 Å². The van der Waals surface area contributed by atoms with Crippen LogP contribution in [0.1, 0.15) is 32.6 Å². The molecule has 1 aliphatic rings. The molecule has 14 heavy (non-hydrogen) atoms. The Labute approximate surface area is 85.2 Å². The Hall–Kier alpha value is -0.830. The molecule has 0 spiro atoms. The summed E-state index contributed by atoms with van der Waals surface area (Å²) < 4.78 is 0. The molecule has 1 rings (SSSR count). The van der Waals surface area contributed by atoms with E-state index in [-0.39, 0.29) is 12.5 Å². The number of aliphatic hydroxyl groups is 1. The van der Waals surface area contributed by atoms with Gasteiger partial charge < -0.3 is 10.4 Å². The first kappa shape index (κ1) is 11.2. The van der Waals surface area contributed by atoms with Crippen LogP contribution in [0.25, 0.3) is 0 Å². The fraction of sp³-hybridized carbons (Fsp3) is 0.727. The number of allylic oxidation sites excluding steroid dienone is 1. The number of amides is 1. The van der Waals surface area contributed by atoms with Gasteiger partial charge in [-0.25, -0.2) is 0 Å². The minimum atomic E-state index is -0.0500. The van der Waals surface area contributed by atoms with Crippen molar-refractivity contribution in [2.75, 3.05) is 13.2 Å². The van der Waals surface area contributed by atoms with Crippen LogP contribution in [0.3, 0.4) is 0 Å². The number of hydrogen-bond donors (Lipinski definition) is 2. The van der Waals surface area contributed by atoms with E-state index in [0.29, 0.717) is 12.5 Å². The van der Waals surface area contributed by atoms with Crippen LogP contribution in [-0.2, 0) is 4.79 Å². The molecular formula is C11H19NO2. The van der Waals surface area contributed by atoms with Crippen LogP contribution in [0.2, 0.25) is 0 Å². The Morgan fingerprint density at radius 2 is 2.14 bits per heavy atom. The molecule has 80 valence electrons. The maximum absolute atomic E-state index is 11.4. The molecule has 0 aromatic heterocycles. The van der Waals surface area contributed by atoms with Crippen molar-refractivity contribution in [2.45, 2.75) is 32.6 Å². The predicted molar refractivity (Wildman–Crippen MR) is 55.8 cm³/mol. The summed E-state index contributed by atoms with van der Waals surface area (Å²) in [6, 6.07) is 0. The van der Waals surface area contributed by atoms with Crippen molar-refractivity contribution in [3.05, 3.63) is 11.6 Å². The number of rotatable bonds is 4. The molecule has 1 fully saturated rings. The lowest BCUT2D eigenvalue weighted by Crippen LogP contribution is -2.27.